The van der Waals surface area contributed by atoms with Gasteiger partial charge in [0.2, 0.25) is 0 Å². The number of β-amino-alcohol motifs (C(OH)–C–C–N with tert-alkyl or cyclic N) is 1. The minimum absolute atomic E-state index is 0.0596. The molecular formula is C33H44N4O9. The van der Waals surface area contributed by atoms with E-state index in [2.05, 4.69) is 16.0 Å². The van der Waals surface area contributed by atoms with Crippen LogP contribution in [0.15, 0.2) is 71.1 Å². The van der Waals surface area contributed by atoms with E-state index in [4.69, 9.17) is 18.9 Å². The molecule has 3 rings (SSSR count). The van der Waals surface area contributed by atoms with Gasteiger partial charge in [0.25, 0.3) is 5.69 Å². The quantitative estimate of drug-likeness (QED) is 0.113. The number of nitrogens with one attached hydrogen (secondary N) is 3. The fourth-order valence-corrected chi connectivity index (χ4v) is 5.06. The van der Waals surface area contributed by atoms with Crippen LogP contribution >= 0.6 is 0 Å². The van der Waals surface area contributed by atoms with Crippen LogP contribution in [-0.2, 0) is 19.1 Å². The highest BCUT2D eigenvalue weighted by Crippen LogP contribution is 2.40. The number of ether oxygens (including phenoxy) is 4. The average molecular weight is 641 g/mol. The van der Waals surface area contributed by atoms with Gasteiger partial charge >= 0.3 is 11.9 Å². The van der Waals surface area contributed by atoms with Crippen molar-refractivity contribution in [2.24, 2.45) is 0 Å². The molecule has 13 nitrogen and oxygen atoms in total. The molecule has 250 valence electrons. The van der Waals surface area contributed by atoms with Gasteiger partial charge in [-0.2, -0.15) is 0 Å². The van der Waals surface area contributed by atoms with Crippen molar-refractivity contribution < 1.29 is 38.6 Å². The highest BCUT2D eigenvalue weighted by Gasteiger charge is 2.39. The molecule has 1 aliphatic rings. The SMILES string of the molecule is CCOC(=O)C1=C(C)NC(CNCC(C)(C)NCC(O)COc2ccccc2OC)=C(C(=O)OCC)C1c1cccc([N+](=O)[O-])c1. The van der Waals surface area contributed by atoms with Crippen LogP contribution < -0.4 is 25.4 Å². The van der Waals surface area contributed by atoms with Crippen LogP contribution in [0, 0.1) is 10.1 Å². The van der Waals surface area contributed by atoms with Crippen molar-refractivity contribution in [1.29, 1.82) is 0 Å². The highest BCUT2D eigenvalue weighted by molar-refractivity contribution is 6.00. The predicted octanol–water partition coefficient (Wildman–Crippen LogP) is 3.34. The zero-order valence-corrected chi connectivity index (χ0v) is 27.2. The third-order valence-electron chi connectivity index (χ3n) is 7.24. The van der Waals surface area contributed by atoms with Crippen LogP contribution in [0.3, 0.4) is 0 Å². The van der Waals surface area contributed by atoms with Crippen molar-refractivity contribution in [3.05, 3.63) is 86.7 Å². The molecule has 2 unspecified atom stereocenters. The number of non-ortho nitro benzene ring substituents is 1. The van der Waals surface area contributed by atoms with E-state index in [9.17, 15) is 24.8 Å². The second-order valence-corrected chi connectivity index (χ2v) is 11.3. The number of rotatable bonds is 17. The summed E-state index contributed by atoms with van der Waals surface area (Å²) in [4.78, 5) is 37.7. The third-order valence-corrected chi connectivity index (χ3v) is 7.24. The Kier molecular flexibility index (Phi) is 13.1. The van der Waals surface area contributed by atoms with Crippen LogP contribution in [0.4, 0.5) is 5.69 Å². The summed E-state index contributed by atoms with van der Waals surface area (Å²) in [6.45, 7) is 10.0. The summed E-state index contributed by atoms with van der Waals surface area (Å²) in [5.74, 6) is -1.16. The maximum Gasteiger partial charge on any atom is 0.336 e. The average Bonchev–Trinajstić information content (AvgIpc) is 3.02. The van der Waals surface area contributed by atoms with Crippen LogP contribution in [0.1, 0.15) is 46.1 Å². The van der Waals surface area contributed by atoms with E-state index in [1.807, 2.05) is 26.0 Å². The van der Waals surface area contributed by atoms with E-state index in [1.54, 1.807) is 46.1 Å². The first-order valence-electron chi connectivity index (χ1n) is 15.1. The van der Waals surface area contributed by atoms with Gasteiger partial charge in [-0.3, -0.25) is 10.1 Å². The molecule has 0 bridgehead atoms. The number of dihydropyridines is 1. The number of para-hydroxylation sites is 2. The molecule has 1 heterocycles. The van der Waals surface area contributed by atoms with Gasteiger partial charge in [0.1, 0.15) is 12.7 Å². The summed E-state index contributed by atoms with van der Waals surface area (Å²) >= 11 is 0. The maximum absolute atomic E-state index is 13.5. The lowest BCUT2D eigenvalue weighted by molar-refractivity contribution is -0.384. The van der Waals surface area contributed by atoms with Gasteiger partial charge in [0.15, 0.2) is 11.5 Å². The fourth-order valence-electron chi connectivity index (χ4n) is 5.06. The number of nitro benzene ring substituents is 1. The van der Waals surface area contributed by atoms with E-state index in [1.165, 1.54) is 18.2 Å². The van der Waals surface area contributed by atoms with Crippen LogP contribution in [0.2, 0.25) is 0 Å². The number of nitrogens with zero attached hydrogens (tertiary/aromatic N) is 1. The summed E-state index contributed by atoms with van der Waals surface area (Å²) < 4.78 is 21.7. The highest BCUT2D eigenvalue weighted by atomic mass is 16.6. The number of nitro groups is 1. The van der Waals surface area contributed by atoms with Crippen molar-refractivity contribution in [3.63, 3.8) is 0 Å². The molecule has 0 saturated carbocycles. The first-order chi connectivity index (χ1) is 21.9. The van der Waals surface area contributed by atoms with Gasteiger partial charge in [-0.15, -0.1) is 0 Å². The molecule has 13 heteroatoms. The second-order valence-electron chi connectivity index (χ2n) is 11.3. The number of methoxy groups -OCH3 is 1. The molecule has 1 aliphatic heterocycles. The lowest BCUT2D eigenvalue weighted by atomic mass is 9.80. The van der Waals surface area contributed by atoms with Crippen LogP contribution in [0.25, 0.3) is 0 Å². The van der Waals surface area contributed by atoms with E-state index < -0.39 is 34.4 Å². The minimum atomic E-state index is -0.972. The normalized spacial score (nSPS) is 15.6. The standard InChI is InChI=1S/C33H44N4O9/c1-7-44-31(39)28-21(3)36-25(30(32(40)45-8-2)29(28)22-12-11-13-23(16-22)37(41)42)18-34-20-33(4,5)35-17-24(38)19-46-27-15-10-9-14-26(27)43-6/h9-16,24,29,34-36,38H,7-8,17-20H2,1-6H3. The summed E-state index contributed by atoms with van der Waals surface area (Å²) in [5, 5.41) is 32.0. The molecule has 4 N–H and O–H groups in total. The van der Waals surface area contributed by atoms with Gasteiger partial charge in [-0.1, -0.05) is 24.3 Å². The van der Waals surface area contributed by atoms with Crippen molar-refractivity contribution in [2.45, 2.75) is 52.2 Å². The number of benzene rings is 2. The fraction of sp³-hybridized carbons (Fsp3) is 0.455. The zero-order chi connectivity index (χ0) is 33.9. The second kappa shape index (κ2) is 16.7. The Labute approximate surface area is 269 Å². The van der Waals surface area contributed by atoms with E-state index in [-0.39, 0.29) is 49.7 Å². The van der Waals surface area contributed by atoms with Crippen LogP contribution in [0.5, 0.6) is 11.5 Å². The Morgan fingerprint density at radius 3 is 2.33 bits per heavy atom. The Morgan fingerprint density at radius 2 is 1.70 bits per heavy atom. The van der Waals surface area contributed by atoms with Crippen molar-refractivity contribution in [1.82, 2.24) is 16.0 Å². The summed E-state index contributed by atoms with van der Waals surface area (Å²) in [6.07, 6.45) is -0.799. The molecule has 0 amide bonds. The number of aliphatic hydroxyl groups excluding tert-OH is 1. The number of allylic oxidation sites excluding steroid dienone is 1. The van der Waals surface area contributed by atoms with Gasteiger partial charge in [-0.25, -0.2) is 9.59 Å². The molecule has 0 saturated heterocycles. The third kappa shape index (κ3) is 9.52. The molecular weight excluding hydrogens is 596 g/mol. The molecule has 2 aromatic carbocycles. The number of hydrogen-bond donors (Lipinski definition) is 4. The number of esters is 2. The lowest BCUT2D eigenvalue weighted by Crippen LogP contribution is -2.51. The molecule has 46 heavy (non-hydrogen) atoms. The summed E-state index contributed by atoms with van der Waals surface area (Å²) in [6, 6.07) is 13.0. The zero-order valence-electron chi connectivity index (χ0n) is 27.2. The van der Waals surface area contributed by atoms with E-state index in [0.717, 1.165) is 0 Å². The molecule has 0 aromatic heterocycles. The predicted molar refractivity (Wildman–Crippen MR) is 171 cm³/mol. The Bertz CT molecular complexity index is 1450. The van der Waals surface area contributed by atoms with Gasteiger partial charge in [0, 0.05) is 48.7 Å². The Balaban J connectivity index is 1.79. The number of aliphatic hydroxyl groups is 1. The first-order valence-corrected chi connectivity index (χ1v) is 15.1. The lowest BCUT2D eigenvalue weighted by Gasteiger charge is -2.33. The molecule has 0 radical (unpaired) electrons. The van der Waals surface area contributed by atoms with Gasteiger partial charge < -0.3 is 40.0 Å². The van der Waals surface area contributed by atoms with Crippen molar-refractivity contribution in [3.8, 4) is 11.5 Å². The van der Waals surface area contributed by atoms with Gasteiger partial charge in [-0.05, 0) is 52.3 Å². The number of hydrogen-bond acceptors (Lipinski definition) is 12. The van der Waals surface area contributed by atoms with Crippen molar-refractivity contribution >= 4 is 17.6 Å². The Morgan fingerprint density at radius 1 is 1.04 bits per heavy atom. The van der Waals surface area contributed by atoms with Gasteiger partial charge in [0.05, 0.1) is 42.3 Å². The topological polar surface area (TPSA) is 171 Å². The Hall–Kier alpha value is -4.46. The van der Waals surface area contributed by atoms with Crippen LogP contribution in [-0.4, -0.2) is 80.2 Å². The van der Waals surface area contributed by atoms with E-state index in [0.29, 0.717) is 35.0 Å². The molecule has 0 aliphatic carbocycles. The smallest absolute Gasteiger partial charge is 0.336 e. The van der Waals surface area contributed by atoms with E-state index >= 15 is 0 Å². The summed E-state index contributed by atoms with van der Waals surface area (Å²) in [5.41, 5.74) is 0.939. The first kappa shape index (κ1) is 36.0. The van der Waals surface area contributed by atoms with Crippen molar-refractivity contribution in [2.75, 3.05) is 46.6 Å². The largest absolute Gasteiger partial charge is 0.493 e. The summed E-state index contributed by atoms with van der Waals surface area (Å²) in [7, 11) is 1.55. The molecule has 2 atom stereocenters. The molecule has 0 spiro atoms. The molecule has 2 aromatic rings. The minimum Gasteiger partial charge on any atom is -0.493 e. The number of carbonyl (C=O) groups excluding carboxylic acids is 2. The maximum atomic E-state index is 13.5. The molecule has 0 fully saturated rings. The number of carbonyl (C=O) groups is 2. The monoisotopic (exact) mass is 640 g/mol.